The average Bonchev–Trinajstić information content (AvgIpc) is 2.76. The molecule has 3 atom stereocenters. The molecule has 2 aromatic carbocycles. The topological polar surface area (TPSA) is 156 Å². The van der Waals surface area contributed by atoms with Gasteiger partial charge in [-0.3, -0.25) is 9.59 Å². The van der Waals surface area contributed by atoms with Crippen LogP contribution < -0.4 is 0 Å². The molecule has 0 aromatic heterocycles. The summed E-state index contributed by atoms with van der Waals surface area (Å²) in [6, 6.07) is 8.08. The molecule has 1 unspecified atom stereocenters. The zero-order valence-electron chi connectivity index (χ0n) is 17.0. The maximum absolute atomic E-state index is 12.6. The van der Waals surface area contributed by atoms with E-state index in [2.05, 4.69) is 0 Å². The van der Waals surface area contributed by atoms with Crippen molar-refractivity contribution in [3.8, 4) is 23.0 Å². The number of carbonyl (C=O) groups is 2. The minimum Gasteiger partial charge on any atom is -0.504 e. The van der Waals surface area contributed by atoms with Crippen molar-refractivity contribution in [3.63, 3.8) is 0 Å². The molecule has 8 heteroatoms. The molecule has 1 fully saturated rings. The molecule has 0 aliphatic heterocycles. The number of phenolic OH excluding ortho intramolecular Hbond substituents is 4. The molecule has 1 saturated carbocycles. The summed E-state index contributed by atoms with van der Waals surface area (Å²) in [5.41, 5.74) is -1.11. The summed E-state index contributed by atoms with van der Waals surface area (Å²) in [6.45, 7) is 0. The summed E-state index contributed by atoms with van der Waals surface area (Å²) < 4.78 is 0. The number of rotatable bonds is 6. The van der Waals surface area contributed by atoms with Gasteiger partial charge >= 0.3 is 0 Å². The summed E-state index contributed by atoms with van der Waals surface area (Å²) in [7, 11) is 0. The maximum atomic E-state index is 12.6. The number of ketones is 2. The standard InChI is InChI=1S/C24H24O8/c25-17(5-1-14-2-6-18(26)20(28)11-14)16-9-10-24(32,23(31)13-16)22(30)8-4-15-3-7-19(27)21(29)12-15/h1-8,11-12,16,23,26-29,31-32H,9-10,13H2/t16?,23-,24+/m0/s1. The van der Waals surface area contributed by atoms with E-state index in [9.17, 15) is 40.2 Å². The Kier molecular flexibility index (Phi) is 6.67. The lowest BCUT2D eigenvalue weighted by Crippen LogP contribution is -2.53. The highest BCUT2D eigenvalue weighted by molar-refractivity contribution is 6.01. The van der Waals surface area contributed by atoms with E-state index >= 15 is 0 Å². The lowest BCUT2D eigenvalue weighted by molar-refractivity contribution is -0.156. The summed E-state index contributed by atoms with van der Waals surface area (Å²) >= 11 is 0. The number of aliphatic hydroxyl groups is 2. The first-order valence-corrected chi connectivity index (χ1v) is 9.99. The first kappa shape index (κ1) is 23.1. The molecular weight excluding hydrogens is 416 g/mol. The van der Waals surface area contributed by atoms with Crippen LogP contribution in [0.3, 0.4) is 0 Å². The van der Waals surface area contributed by atoms with Crippen LogP contribution >= 0.6 is 0 Å². The Labute approximate surface area is 184 Å². The van der Waals surface area contributed by atoms with Gasteiger partial charge < -0.3 is 30.6 Å². The molecule has 0 heterocycles. The van der Waals surface area contributed by atoms with E-state index in [-0.39, 0.29) is 48.0 Å². The average molecular weight is 440 g/mol. The number of allylic oxidation sites excluding steroid dienone is 1. The Morgan fingerprint density at radius 3 is 1.88 bits per heavy atom. The van der Waals surface area contributed by atoms with E-state index in [4.69, 9.17) is 0 Å². The van der Waals surface area contributed by atoms with Crippen molar-refractivity contribution in [1.82, 2.24) is 0 Å². The SMILES string of the molecule is O=C(C=Cc1ccc(O)c(O)c1)C1CC[C@@](O)(C(=O)C=Cc2ccc(O)c(O)c2)[C@@H](O)C1. The van der Waals surface area contributed by atoms with Crippen molar-refractivity contribution < 1.29 is 40.2 Å². The predicted octanol–water partition coefficient (Wildman–Crippen LogP) is 2.27. The van der Waals surface area contributed by atoms with Gasteiger partial charge in [0, 0.05) is 5.92 Å². The number of carbonyl (C=O) groups excluding carboxylic acids is 2. The summed E-state index contributed by atoms with van der Waals surface area (Å²) in [4.78, 5) is 25.0. The molecule has 0 saturated heterocycles. The summed E-state index contributed by atoms with van der Waals surface area (Å²) in [5, 5.41) is 58.8. The van der Waals surface area contributed by atoms with E-state index in [1.54, 1.807) is 0 Å². The molecule has 0 radical (unpaired) electrons. The molecule has 2 aromatic rings. The van der Waals surface area contributed by atoms with Crippen molar-refractivity contribution in [2.45, 2.75) is 31.0 Å². The largest absolute Gasteiger partial charge is 0.504 e. The van der Waals surface area contributed by atoms with E-state index in [1.807, 2.05) is 0 Å². The van der Waals surface area contributed by atoms with Gasteiger partial charge in [-0.25, -0.2) is 0 Å². The summed E-state index contributed by atoms with van der Waals surface area (Å²) in [5.74, 6) is -2.84. The minimum absolute atomic E-state index is 0.0971. The Hall–Kier alpha value is -3.62. The van der Waals surface area contributed by atoms with Crippen molar-refractivity contribution in [2.24, 2.45) is 5.92 Å². The fourth-order valence-electron chi connectivity index (χ4n) is 3.61. The Morgan fingerprint density at radius 1 is 0.844 bits per heavy atom. The lowest BCUT2D eigenvalue weighted by atomic mass is 9.73. The monoisotopic (exact) mass is 440 g/mol. The van der Waals surface area contributed by atoms with Gasteiger partial charge in [-0.1, -0.05) is 24.3 Å². The van der Waals surface area contributed by atoms with Crippen LogP contribution in [0.15, 0.2) is 48.6 Å². The van der Waals surface area contributed by atoms with Crippen LogP contribution in [0, 0.1) is 5.92 Å². The Morgan fingerprint density at radius 2 is 1.38 bits per heavy atom. The second kappa shape index (κ2) is 9.25. The van der Waals surface area contributed by atoms with E-state index in [0.29, 0.717) is 11.1 Å². The highest BCUT2D eigenvalue weighted by Crippen LogP contribution is 2.35. The molecule has 3 rings (SSSR count). The predicted molar refractivity (Wildman–Crippen MR) is 116 cm³/mol. The molecule has 0 spiro atoms. The normalized spacial score (nSPS) is 23.6. The van der Waals surface area contributed by atoms with Gasteiger partial charge in [0.05, 0.1) is 6.10 Å². The van der Waals surface area contributed by atoms with Crippen LogP contribution in [0.4, 0.5) is 0 Å². The van der Waals surface area contributed by atoms with Gasteiger partial charge in [-0.05, 0) is 66.8 Å². The number of aromatic hydroxyl groups is 4. The third-order valence-electron chi connectivity index (χ3n) is 5.63. The van der Waals surface area contributed by atoms with E-state index in [1.165, 1.54) is 54.6 Å². The molecule has 32 heavy (non-hydrogen) atoms. The third-order valence-corrected chi connectivity index (χ3v) is 5.63. The summed E-state index contributed by atoms with van der Waals surface area (Å²) in [6.07, 6.45) is 3.75. The van der Waals surface area contributed by atoms with Crippen LogP contribution in [-0.4, -0.2) is 53.9 Å². The van der Waals surface area contributed by atoms with Crippen molar-refractivity contribution in [3.05, 3.63) is 59.7 Å². The first-order valence-electron chi connectivity index (χ1n) is 9.99. The molecular formula is C24H24O8. The smallest absolute Gasteiger partial charge is 0.189 e. The Balaban J connectivity index is 1.63. The number of benzene rings is 2. The maximum Gasteiger partial charge on any atom is 0.189 e. The van der Waals surface area contributed by atoms with Gasteiger partial charge in [-0.2, -0.15) is 0 Å². The molecule has 168 valence electrons. The van der Waals surface area contributed by atoms with Crippen molar-refractivity contribution in [2.75, 3.05) is 0 Å². The number of hydrogen-bond acceptors (Lipinski definition) is 8. The highest BCUT2D eigenvalue weighted by atomic mass is 16.4. The van der Waals surface area contributed by atoms with Crippen LogP contribution in [0.5, 0.6) is 23.0 Å². The second-order valence-corrected chi connectivity index (χ2v) is 7.84. The molecule has 0 bridgehead atoms. The third kappa shape index (κ3) is 4.99. The Bertz CT molecular complexity index is 1090. The van der Waals surface area contributed by atoms with Crippen LogP contribution in [0.2, 0.25) is 0 Å². The van der Waals surface area contributed by atoms with Crippen molar-refractivity contribution >= 4 is 23.7 Å². The van der Waals surface area contributed by atoms with Gasteiger partial charge in [0.25, 0.3) is 0 Å². The first-order chi connectivity index (χ1) is 15.1. The lowest BCUT2D eigenvalue weighted by Gasteiger charge is -2.37. The number of phenols is 4. The van der Waals surface area contributed by atoms with Gasteiger partial charge in [-0.15, -0.1) is 0 Å². The van der Waals surface area contributed by atoms with Gasteiger partial charge in [0.15, 0.2) is 40.2 Å². The number of aliphatic hydroxyl groups excluding tert-OH is 1. The van der Waals surface area contributed by atoms with Gasteiger partial charge in [0.1, 0.15) is 0 Å². The van der Waals surface area contributed by atoms with Gasteiger partial charge in [0.2, 0.25) is 0 Å². The zero-order valence-corrected chi connectivity index (χ0v) is 17.0. The molecule has 1 aliphatic carbocycles. The van der Waals surface area contributed by atoms with Crippen LogP contribution in [0.25, 0.3) is 12.2 Å². The number of hydrogen-bond donors (Lipinski definition) is 6. The van der Waals surface area contributed by atoms with Crippen molar-refractivity contribution in [1.29, 1.82) is 0 Å². The molecule has 1 aliphatic rings. The zero-order chi connectivity index (χ0) is 23.5. The van der Waals surface area contributed by atoms with Crippen LogP contribution in [0.1, 0.15) is 30.4 Å². The van der Waals surface area contributed by atoms with E-state index < -0.39 is 23.4 Å². The molecule has 6 N–H and O–H groups in total. The fraction of sp³-hybridized carbons (Fsp3) is 0.250. The van der Waals surface area contributed by atoms with E-state index in [0.717, 1.165) is 6.08 Å². The van der Waals surface area contributed by atoms with Crippen LogP contribution in [-0.2, 0) is 9.59 Å². The quantitative estimate of drug-likeness (QED) is 0.295. The molecule has 0 amide bonds. The second-order valence-electron chi connectivity index (χ2n) is 7.84. The molecule has 8 nitrogen and oxygen atoms in total. The minimum atomic E-state index is -2.03. The highest BCUT2D eigenvalue weighted by Gasteiger charge is 2.47. The fourth-order valence-corrected chi connectivity index (χ4v) is 3.61.